The summed E-state index contributed by atoms with van der Waals surface area (Å²) in [7, 11) is 0. The summed E-state index contributed by atoms with van der Waals surface area (Å²) in [5, 5.41) is 11.6. The van der Waals surface area contributed by atoms with Gasteiger partial charge in [-0.3, -0.25) is 4.79 Å². The Hall–Kier alpha value is -1.36. The maximum Gasteiger partial charge on any atom is 0.326 e. The standard InChI is InChI=1S/C14H18BrNO3/c1-3-4-5-12(14(18)19)16-13(17)10-6-7-11(15)9(2)8-10/h6-8,12H,3-5H2,1-2H3,(H,16,17)(H,18,19). The first-order chi connectivity index (χ1) is 8.95. The number of hydrogen-bond acceptors (Lipinski definition) is 2. The predicted octanol–water partition coefficient (Wildman–Crippen LogP) is 3.13. The van der Waals surface area contributed by atoms with Crippen LogP contribution >= 0.6 is 15.9 Å². The van der Waals surface area contributed by atoms with E-state index in [1.54, 1.807) is 18.2 Å². The highest BCUT2D eigenvalue weighted by molar-refractivity contribution is 9.10. The molecule has 0 spiro atoms. The van der Waals surface area contributed by atoms with Crippen molar-refractivity contribution in [2.75, 3.05) is 0 Å². The zero-order valence-corrected chi connectivity index (χ0v) is 12.7. The summed E-state index contributed by atoms with van der Waals surface area (Å²) < 4.78 is 0.921. The molecule has 5 heteroatoms. The van der Waals surface area contributed by atoms with Crippen LogP contribution in [0, 0.1) is 6.92 Å². The first kappa shape index (κ1) is 15.7. The Morgan fingerprint density at radius 2 is 2.11 bits per heavy atom. The number of aliphatic carboxylic acids is 1. The van der Waals surface area contributed by atoms with Crippen LogP contribution in [-0.2, 0) is 4.79 Å². The van der Waals surface area contributed by atoms with E-state index in [-0.39, 0.29) is 5.91 Å². The summed E-state index contributed by atoms with van der Waals surface area (Å²) in [6, 6.07) is 4.37. The molecule has 0 saturated heterocycles. The van der Waals surface area contributed by atoms with E-state index in [1.807, 2.05) is 13.8 Å². The molecule has 0 aliphatic carbocycles. The van der Waals surface area contributed by atoms with E-state index in [0.29, 0.717) is 12.0 Å². The molecule has 104 valence electrons. The fourth-order valence-corrected chi connectivity index (χ4v) is 1.94. The molecule has 19 heavy (non-hydrogen) atoms. The molecule has 1 rings (SSSR count). The first-order valence-corrected chi connectivity index (χ1v) is 7.04. The summed E-state index contributed by atoms with van der Waals surface area (Å²) in [4.78, 5) is 23.1. The third-order valence-corrected chi connectivity index (χ3v) is 3.76. The Labute approximate surface area is 121 Å². The molecule has 1 aromatic carbocycles. The van der Waals surface area contributed by atoms with Gasteiger partial charge in [0.05, 0.1) is 0 Å². The number of unbranched alkanes of at least 4 members (excludes halogenated alkanes) is 1. The Bertz CT molecular complexity index is 474. The van der Waals surface area contributed by atoms with E-state index in [2.05, 4.69) is 21.2 Å². The van der Waals surface area contributed by atoms with Crippen LogP contribution in [-0.4, -0.2) is 23.0 Å². The van der Waals surface area contributed by atoms with Crippen molar-refractivity contribution in [3.05, 3.63) is 33.8 Å². The second-order valence-corrected chi connectivity index (χ2v) is 5.32. The van der Waals surface area contributed by atoms with E-state index >= 15 is 0 Å². The fourth-order valence-electron chi connectivity index (χ4n) is 1.69. The van der Waals surface area contributed by atoms with Gasteiger partial charge < -0.3 is 10.4 Å². The van der Waals surface area contributed by atoms with Gasteiger partial charge in [-0.15, -0.1) is 0 Å². The number of halogens is 1. The largest absolute Gasteiger partial charge is 0.480 e. The van der Waals surface area contributed by atoms with Crippen LogP contribution in [0.4, 0.5) is 0 Å². The average Bonchev–Trinajstić information content (AvgIpc) is 2.37. The number of aryl methyl sites for hydroxylation is 1. The quantitative estimate of drug-likeness (QED) is 0.843. The summed E-state index contributed by atoms with van der Waals surface area (Å²) in [5.41, 5.74) is 1.41. The lowest BCUT2D eigenvalue weighted by Crippen LogP contribution is -2.40. The Morgan fingerprint density at radius 1 is 1.42 bits per heavy atom. The molecule has 1 amide bonds. The molecule has 0 fully saturated rings. The number of rotatable bonds is 6. The first-order valence-electron chi connectivity index (χ1n) is 6.25. The number of carboxylic acids is 1. The zero-order valence-electron chi connectivity index (χ0n) is 11.1. The normalized spacial score (nSPS) is 11.9. The molecule has 0 aliphatic heterocycles. The minimum atomic E-state index is -0.990. The van der Waals surface area contributed by atoms with Gasteiger partial charge in [0.15, 0.2) is 0 Å². The van der Waals surface area contributed by atoms with Gasteiger partial charge in [-0.05, 0) is 37.1 Å². The molecule has 0 radical (unpaired) electrons. The van der Waals surface area contributed by atoms with Gasteiger partial charge in [0.25, 0.3) is 5.91 Å². The van der Waals surface area contributed by atoms with Crippen LogP contribution in [0.1, 0.15) is 42.1 Å². The molecule has 0 bridgehead atoms. The molecule has 1 aromatic rings. The van der Waals surface area contributed by atoms with Crippen LogP contribution in [0.2, 0.25) is 0 Å². The van der Waals surface area contributed by atoms with Gasteiger partial charge in [0.2, 0.25) is 0 Å². The molecule has 0 aromatic heterocycles. The molecular weight excluding hydrogens is 310 g/mol. The fraction of sp³-hybridized carbons (Fsp3) is 0.429. The van der Waals surface area contributed by atoms with Crippen molar-refractivity contribution in [3.8, 4) is 0 Å². The van der Waals surface area contributed by atoms with Gasteiger partial charge in [-0.1, -0.05) is 35.7 Å². The van der Waals surface area contributed by atoms with Crippen molar-refractivity contribution in [2.24, 2.45) is 0 Å². The van der Waals surface area contributed by atoms with E-state index < -0.39 is 12.0 Å². The van der Waals surface area contributed by atoms with E-state index in [4.69, 9.17) is 5.11 Å². The Morgan fingerprint density at radius 3 is 2.63 bits per heavy atom. The third-order valence-electron chi connectivity index (χ3n) is 2.87. The number of carbonyl (C=O) groups is 2. The van der Waals surface area contributed by atoms with Gasteiger partial charge in [-0.25, -0.2) is 4.79 Å². The average molecular weight is 328 g/mol. The topological polar surface area (TPSA) is 66.4 Å². The summed E-state index contributed by atoms with van der Waals surface area (Å²) in [5.74, 6) is -1.34. The lowest BCUT2D eigenvalue weighted by molar-refractivity contribution is -0.139. The monoisotopic (exact) mass is 327 g/mol. The number of carboxylic acid groups (broad SMARTS) is 1. The van der Waals surface area contributed by atoms with Crippen molar-refractivity contribution in [2.45, 2.75) is 39.2 Å². The van der Waals surface area contributed by atoms with Crippen LogP contribution in [0.5, 0.6) is 0 Å². The molecule has 0 heterocycles. The zero-order chi connectivity index (χ0) is 14.4. The molecule has 4 nitrogen and oxygen atoms in total. The van der Waals surface area contributed by atoms with Crippen LogP contribution in [0.3, 0.4) is 0 Å². The van der Waals surface area contributed by atoms with E-state index in [1.165, 1.54) is 0 Å². The van der Waals surface area contributed by atoms with Crippen molar-refractivity contribution < 1.29 is 14.7 Å². The number of carbonyl (C=O) groups excluding carboxylic acids is 1. The highest BCUT2D eigenvalue weighted by atomic mass is 79.9. The van der Waals surface area contributed by atoms with Crippen molar-refractivity contribution in [1.82, 2.24) is 5.32 Å². The summed E-state index contributed by atoms with van der Waals surface area (Å²) in [6.07, 6.45) is 2.13. The van der Waals surface area contributed by atoms with Crippen LogP contribution < -0.4 is 5.32 Å². The maximum atomic E-state index is 12.0. The summed E-state index contributed by atoms with van der Waals surface area (Å²) >= 11 is 3.36. The highest BCUT2D eigenvalue weighted by Crippen LogP contribution is 2.17. The van der Waals surface area contributed by atoms with E-state index in [9.17, 15) is 9.59 Å². The Kier molecular flexibility index (Phi) is 6.02. The SMILES string of the molecule is CCCCC(NC(=O)c1ccc(Br)c(C)c1)C(=O)O. The number of nitrogens with one attached hydrogen (secondary N) is 1. The second-order valence-electron chi connectivity index (χ2n) is 4.47. The van der Waals surface area contributed by atoms with Crippen LogP contribution in [0.15, 0.2) is 22.7 Å². The molecule has 0 aliphatic rings. The smallest absolute Gasteiger partial charge is 0.326 e. The van der Waals surface area contributed by atoms with Crippen molar-refractivity contribution in [1.29, 1.82) is 0 Å². The van der Waals surface area contributed by atoms with Gasteiger partial charge in [0.1, 0.15) is 6.04 Å². The predicted molar refractivity (Wildman–Crippen MR) is 77.3 cm³/mol. The van der Waals surface area contributed by atoms with E-state index in [0.717, 1.165) is 22.9 Å². The van der Waals surface area contributed by atoms with Gasteiger partial charge in [-0.2, -0.15) is 0 Å². The minimum Gasteiger partial charge on any atom is -0.480 e. The molecule has 0 saturated carbocycles. The molecular formula is C14H18BrNO3. The minimum absolute atomic E-state index is 0.348. The van der Waals surface area contributed by atoms with Crippen molar-refractivity contribution in [3.63, 3.8) is 0 Å². The molecule has 1 unspecified atom stereocenters. The third kappa shape index (κ3) is 4.67. The Balaban J connectivity index is 2.75. The van der Waals surface area contributed by atoms with Crippen molar-refractivity contribution >= 4 is 27.8 Å². The van der Waals surface area contributed by atoms with Crippen LogP contribution in [0.25, 0.3) is 0 Å². The number of benzene rings is 1. The second kappa shape index (κ2) is 7.28. The number of amides is 1. The number of hydrogen-bond donors (Lipinski definition) is 2. The molecule has 1 atom stereocenters. The van der Waals surface area contributed by atoms with Gasteiger partial charge in [0, 0.05) is 10.0 Å². The lowest BCUT2D eigenvalue weighted by atomic mass is 10.1. The highest BCUT2D eigenvalue weighted by Gasteiger charge is 2.20. The lowest BCUT2D eigenvalue weighted by Gasteiger charge is -2.14. The molecule has 2 N–H and O–H groups in total. The summed E-state index contributed by atoms with van der Waals surface area (Å²) in [6.45, 7) is 3.87. The maximum absolute atomic E-state index is 12.0. The van der Waals surface area contributed by atoms with Gasteiger partial charge >= 0.3 is 5.97 Å².